The number of hydrogen-bond acceptors (Lipinski definition) is 9. The molecule has 2 heterocycles. The summed E-state index contributed by atoms with van der Waals surface area (Å²) in [5.74, 6) is -1.19. The van der Waals surface area contributed by atoms with E-state index in [0.717, 1.165) is 0 Å². The summed E-state index contributed by atoms with van der Waals surface area (Å²) in [5.41, 5.74) is 3.88. The minimum Gasteiger partial charge on any atom is -0.508 e. The molecule has 2 amide bonds. The predicted molar refractivity (Wildman–Crippen MR) is 142 cm³/mol. The molecule has 39 heavy (non-hydrogen) atoms. The molecule has 0 aliphatic carbocycles. The van der Waals surface area contributed by atoms with Crippen LogP contribution in [0.3, 0.4) is 0 Å². The van der Waals surface area contributed by atoms with Crippen molar-refractivity contribution in [3.05, 3.63) is 101 Å². The molecule has 0 aliphatic rings. The van der Waals surface area contributed by atoms with Crippen LogP contribution in [-0.2, 0) is 0 Å². The molecular formula is C28H21N5O6. The zero-order valence-corrected chi connectivity index (χ0v) is 20.4. The van der Waals surface area contributed by atoms with Crippen LogP contribution in [0.2, 0.25) is 0 Å². The Morgan fingerprint density at radius 1 is 0.744 bits per heavy atom. The molecule has 0 bridgehead atoms. The number of hydrazone groups is 1. The lowest BCUT2D eigenvalue weighted by Crippen LogP contribution is -2.25. The van der Waals surface area contributed by atoms with Gasteiger partial charge in [0.15, 0.2) is 0 Å². The summed E-state index contributed by atoms with van der Waals surface area (Å²) in [6.07, 6.45) is 0. The topological polar surface area (TPSA) is 185 Å². The van der Waals surface area contributed by atoms with Crippen molar-refractivity contribution in [1.29, 1.82) is 10.8 Å². The van der Waals surface area contributed by atoms with Gasteiger partial charge >= 0.3 is 0 Å². The van der Waals surface area contributed by atoms with Crippen molar-refractivity contribution >= 4 is 45.2 Å². The third-order valence-corrected chi connectivity index (χ3v) is 5.88. The molecule has 5 aromatic rings. The molecule has 2 aromatic heterocycles. The molecule has 0 radical (unpaired) electrons. The fraction of sp³-hybridized carbons (Fsp3) is 0.0357. The Kier molecular flexibility index (Phi) is 6.39. The number of nitrogens with one attached hydrogen (secondary N) is 4. The molecule has 5 rings (SSSR count). The normalized spacial score (nSPS) is 11.5. The maximum atomic E-state index is 12.8. The number of aromatic hydroxyl groups is 2. The van der Waals surface area contributed by atoms with E-state index in [0.29, 0.717) is 27.7 Å². The van der Waals surface area contributed by atoms with E-state index >= 15 is 0 Å². The SMILES string of the molecule is C/C(=N\NC(=O)c1cc2ccc(O)cc2oc1=N)c1ccc(NC(=O)c2cc3ccc(O)cc3oc2=N)cc1. The highest BCUT2D eigenvalue weighted by Gasteiger charge is 2.14. The standard InChI is InChI=1S/C28H21N5O6/c1-14(32-33-28(37)22-11-17-5-9-20(35)13-24(17)39-26(22)30)15-2-6-18(7-3-15)31-27(36)21-10-16-4-8-19(34)12-23(16)38-25(21)29/h2-13,29-30,34-35H,1H3,(H,31,36)(H,33,37)/b29-25?,30-26?,32-14+. The van der Waals surface area contributed by atoms with Gasteiger partial charge in [0.2, 0.25) is 11.1 Å². The zero-order chi connectivity index (χ0) is 27.7. The number of carbonyl (C=O) groups excluding carboxylic acids is 2. The molecule has 0 spiro atoms. The Hall–Kier alpha value is -5.71. The van der Waals surface area contributed by atoms with Gasteiger partial charge in [-0.25, -0.2) is 5.43 Å². The minimum atomic E-state index is -0.635. The van der Waals surface area contributed by atoms with Crippen LogP contribution in [0.25, 0.3) is 21.9 Å². The number of phenols is 2. The maximum Gasteiger partial charge on any atom is 0.276 e. The van der Waals surface area contributed by atoms with E-state index in [4.69, 9.17) is 19.7 Å². The molecule has 194 valence electrons. The molecule has 6 N–H and O–H groups in total. The summed E-state index contributed by atoms with van der Waals surface area (Å²) in [4.78, 5) is 25.4. The van der Waals surface area contributed by atoms with Crippen LogP contribution in [0.5, 0.6) is 11.5 Å². The average Bonchev–Trinajstić information content (AvgIpc) is 2.91. The molecule has 0 saturated heterocycles. The van der Waals surface area contributed by atoms with Crippen molar-refractivity contribution in [2.24, 2.45) is 5.10 Å². The van der Waals surface area contributed by atoms with Crippen LogP contribution in [0.15, 0.2) is 86.7 Å². The second-order valence-electron chi connectivity index (χ2n) is 8.59. The van der Waals surface area contributed by atoms with Gasteiger partial charge in [-0.3, -0.25) is 20.4 Å². The van der Waals surface area contributed by atoms with E-state index in [-0.39, 0.29) is 44.9 Å². The minimum absolute atomic E-state index is 0.00595. The lowest BCUT2D eigenvalue weighted by molar-refractivity contribution is 0.0949. The van der Waals surface area contributed by atoms with Crippen molar-refractivity contribution < 1.29 is 28.6 Å². The molecule has 0 atom stereocenters. The number of anilines is 1. The Labute approximate surface area is 219 Å². The van der Waals surface area contributed by atoms with E-state index < -0.39 is 11.8 Å². The summed E-state index contributed by atoms with van der Waals surface area (Å²) < 4.78 is 10.7. The van der Waals surface area contributed by atoms with Crippen molar-refractivity contribution in [2.45, 2.75) is 6.92 Å². The summed E-state index contributed by atoms with van der Waals surface area (Å²) >= 11 is 0. The van der Waals surface area contributed by atoms with Crippen molar-refractivity contribution in [2.75, 3.05) is 5.32 Å². The van der Waals surface area contributed by atoms with Gasteiger partial charge in [0, 0.05) is 28.6 Å². The largest absolute Gasteiger partial charge is 0.508 e. The third-order valence-electron chi connectivity index (χ3n) is 5.88. The smallest absolute Gasteiger partial charge is 0.276 e. The average molecular weight is 524 g/mol. The number of carbonyl (C=O) groups is 2. The summed E-state index contributed by atoms with van der Waals surface area (Å²) in [5, 5.41) is 43.1. The van der Waals surface area contributed by atoms with Crippen molar-refractivity contribution in [1.82, 2.24) is 5.43 Å². The van der Waals surface area contributed by atoms with Crippen LogP contribution in [-0.4, -0.2) is 27.7 Å². The monoisotopic (exact) mass is 523 g/mol. The zero-order valence-electron chi connectivity index (χ0n) is 20.4. The number of phenolic OH excluding ortho intramolecular Hbond substituents is 2. The van der Waals surface area contributed by atoms with Crippen molar-refractivity contribution in [3.8, 4) is 11.5 Å². The molecule has 0 saturated carbocycles. The van der Waals surface area contributed by atoms with E-state index in [2.05, 4.69) is 15.8 Å². The van der Waals surface area contributed by atoms with Gasteiger partial charge in [0.05, 0.1) is 5.71 Å². The van der Waals surface area contributed by atoms with Crippen LogP contribution >= 0.6 is 0 Å². The highest BCUT2D eigenvalue weighted by molar-refractivity contribution is 6.06. The number of nitrogens with zero attached hydrogens (tertiary/aromatic N) is 1. The molecule has 3 aromatic carbocycles. The second-order valence-corrected chi connectivity index (χ2v) is 8.59. The Morgan fingerprint density at radius 2 is 1.26 bits per heavy atom. The first-order chi connectivity index (χ1) is 18.7. The molecule has 0 unspecified atom stereocenters. The number of benzene rings is 3. The maximum absolute atomic E-state index is 12.8. The predicted octanol–water partition coefficient (Wildman–Crippen LogP) is 3.96. The fourth-order valence-electron chi connectivity index (χ4n) is 3.82. The Balaban J connectivity index is 1.28. The first-order valence-corrected chi connectivity index (χ1v) is 11.6. The van der Waals surface area contributed by atoms with Gasteiger partial charge < -0.3 is 24.4 Å². The van der Waals surface area contributed by atoms with Crippen LogP contribution in [0.1, 0.15) is 33.2 Å². The first kappa shape index (κ1) is 25.0. The third kappa shape index (κ3) is 5.23. The van der Waals surface area contributed by atoms with E-state index in [1.54, 1.807) is 43.3 Å². The first-order valence-electron chi connectivity index (χ1n) is 11.6. The van der Waals surface area contributed by atoms with Gasteiger partial charge in [-0.2, -0.15) is 5.10 Å². The molecule has 0 aliphatic heterocycles. The van der Waals surface area contributed by atoms with Crippen LogP contribution in [0.4, 0.5) is 5.69 Å². The van der Waals surface area contributed by atoms with Crippen molar-refractivity contribution in [3.63, 3.8) is 0 Å². The van der Waals surface area contributed by atoms with Gasteiger partial charge in [-0.05, 0) is 61.0 Å². The Bertz CT molecular complexity index is 1920. The second kappa shape index (κ2) is 9.98. The van der Waals surface area contributed by atoms with Gasteiger partial charge in [-0.1, -0.05) is 12.1 Å². The number of amides is 2. The van der Waals surface area contributed by atoms with E-state index in [1.165, 1.54) is 36.4 Å². The van der Waals surface area contributed by atoms with Gasteiger partial charge in [0.25, 0.3) is 11.8 Å². The van der Waals surface area contributed by atoms with Crippen LogP contribution < -0.4 is 21.9 Å². The lowest BCUT2D eigenvalue weighted by Gasteiger charge is -2.08. The summed E-state index contributed by atoms with van der Waals surface area (Å²) in [6.45, 7) is 1.68. The summed E-state index contributed by atoms with van der Waals surface area (Å²) in [7, 11) is 0. The molecular weight excluding hydrogens is 502 g/mol. The Morgan fingerprint density at radius 3 is 1.79 bits per heavy atom. The molecule has 11 nitrogen and oxygen atoms in total. The fourth-order valence-corrected chi connectivity index (χ4v) is 3.82. The number of rotatable bonds is 5. The highest BCUT2D eigenvalue weighted by atomic mass is 16.3. The van der Waals surface area contributed by atoms with Gasteiger partial charge in [-0.15, -0.1) is 0 Å². The molecule has 0 fully saturated rings. The van der Waals surface area contributed by atoms with Gasteiger partial charge in [0.1, 0.15) is 33.8 Å². The number of fused-ring (bicyclic) bond motifs is 2. The van der Waals surface area contributed by atoms with E-state index in [1.807, 2.05) is 0 Å². The number of hydrogen-bond donors (Lipinski definition) is 6. The lowest BCUT2D eigenvalue weighted by atomic mass is 10.1. The quantitative estimate of drug-likeness (QED) is 0.150. The summed E-state index contributed by atoms with van der Waals surface area (Å²) in [6, 6.07) is 18.5. The highest BCUT2D eigenvalue weighted by Crippen LogP contribution is 2.21. The molecule has 11 heteroatoms. The van der Waals surface area contributed by atoms with Crippen LogP contribution in [0, 0.1) is 10.8 Å². The van der Waals surface area contributed by atoms with E-state index in [9.17, 15) is 19.8 Å².